The normalized spacial score (nSPS) is 28.4. The van der Waals surface area contributed by atoms with Gasteiger partial charge < -0.3 is 16.0 Å². The Bertz CT molecular complexity index is 644. The van der Waals surface area contributed by atoms with Crippen LogP contribution in [0.4, 0.5) is 5.82 Å². The van der Waals surface area contributed by atoms with Crippen molar-refractivity contribution >= 4 is 17.6 Å². The summed E-state index contributed by atoms with van der Waals surface area (Å²) in [6.45, 7) is 3.28. The van der Waals surface area contributed by atoms with E-state index in [9.17, 15) is 0 Å². The molecule has 1 saturated carbocycles. The summed E-state index contributed by atoms with van der Waals surface area (Å²) in [5, 5.41) is 3.71. The van der Waals surface area contributed by atoms with Gasteiger partial charge >= 0.3 is 0 Å². The number of hydrogen-bond donors (Lipinski definition) is 2. The van der Waals surface area contributed by atoms with E-state index in [0.717, 1.165) is 63.3 Å². The third-order valence-corrected chi connectivity index (χ3v) is 7.25. The standard InChI is InChI=1S/C21H35N5S/c1-27-15-12-23-18-10-7-11-21(18,22)20-24-17-9-6-8-16(17)19(25-20)26-13-4-2-3-5-14-26/h18,23H,2-15,22H2,1H3. The number of fused-ring (bicyclic) bond motifs is 1. The fourth-order valence-electron chi connectivity index (χ4n) is 5.08. The number of nitrogens with zero attached hydrogens (tertiary/aromatic N) is 3. The third kappa shape index (κ3) is 3.99. The molecule has 0 aromatic carbocycles. The van der Waals surface area contributed by atoms with E-state index < -0.39 is 5.54 Å². The van der Waals surface area contributed by atoms with E-state index in [2.05, 4.69) is 16.5 Å². The summed E-state index contributed by atoms with van der Waals surface area (Å²) in [6, 6.07) is 0.293. The van der Waals surface area contributed by atoms with Crippen molar-refractivity contribution in [3.8, 4) is 0 Å². The van der Waals surface area contributed by atoms with Gasteiger partial charge in [-0.25, -0.2) is 9.97 Å². The Balaban J connectivity index is 1.65. The zero-order valence-electron chi connectivity index (χ0n) is 16.8. The largest absolute Gasteiger partial charge is 0.356 e. The van der Waals surface area contributed by atoms with Crippen LogP contribution in [-0.2, 0) is 18.4 Å². The molecule has 2 aliphatic carbocycles. The molecule has 0 spiro atoms. The van der Waals surface area contributed by atoms with Gasteiger partial charge in [-0.05, 0) is 57.6 Å². The van der Waals surface area contributed by atoms with E-state index in [0.29, 0.717) is 6.04 Å². The van der Waals surface area contributed by atoms with E-state index in [-0.39, 0.29) is 0 Å². The molecule has 3 aliphatic rings. The van der Waals surface area contributed by atoms with Crippen molar-refractivity contribution < 1.29 is 0 Å². The van der Waals surface area contributed by atoms with E-state index >= 15 is 0 Å². The lowest BCUT2D eigenvalue weighted by Gasteiger charge is -2.33. The fraction of sp³-hybridized carbons (Fsp3) is 0.810. The summed E-state index contributed by atoms with van der Waals surface area (Å²) in [4.78, 5) is 12.8. The second-order valence-corrected chi connectivity index (χ2v) is 9.47. The first kappa shape index (κ1) is 19.5. The van der Waals surface area contributed by atoms with Crippen LogP contribution in [0, 0.1) is 0 Å². The number of aromatic nitrogens is 2. The second-order valence-electron chi connectivity index (χ2n) is 8.48. The number of nitrogens with two attached hydrogens (primary N) is 1. The Morgan fingerprint density at radius 1 is 1.11 bits per heavy atom. The lowest BCUT2D eigenvalue weighted by molar-refractivity contribution is 0.331. The van der Waals surface area contributed by atoms with Crippen LogP contribution in [0.15, 0.2) is 0 Å². The summed E-state index contributed by atoms with van der Waals surface area (Å²) in [6.07, 6.45) is 14.1. The molecule has 1 aromatic rings. The van der Waals surface area contributed by atoms with Gasteiger partial charge in [-0.15, -0.1) is 0 Å². The molecule has 3 N–H and O–H groups in total. The minimum absolute atomic E-state index is 0.293. The van der Waals surface area contributed by atoms with Crippen molar-refractivity contribution in [2.75, 3.05) is 36.5 Å². The molecular formula is C21H35N5S. The molecule has 2 heterocycles. The highest BCUT2D eigenvalue weighted by Crippen LogP contribution is 2.38. The second kappa shape index (κ2) is 8.66. The van der Waals surface area contributed by atoms with E-state index in [1.165, 1.54) is 49.2 Å². The number of hydrogen-bond acceptors (Lipinski definition) is 6. The zero-order valence-corrected chi connectivity index (χ0v) is 17.6. The summed E-state index contributed by atoms with van der Waals surface area (Å²) < 4.78 is 0. The van der Waals surface area contributed by atoms with Crippen LogP contribution >= 0.6 is 11.8 Å². The molecule has 0 bridgehead atoms. The molecule has 5 nitrogen and oxygen atoms in total. The van der Waals surface area contributed by atoms with Gasteiger partial charge in [0.25, 0.3) is 0 Å². The van der Waals surface area contributed by atoms with Gasteiger partial charge in [-0.2, -0.15) is 11.8 Å². The molecule has 6 heteroatoms. The fourth-order valence-corrected chi connectivity index (χ4v) is 5.40. The van der Waals surface area contributed by atoms with Crippen molar-refractivity contribution in [1.82, 2.24) is 15.3 Å². The van der Waals surface area contributed by atoms with Gasteiger partial charge in [0.05, 0.1) is 5.54 Å². The molecule has 1 saturated heterocycles. The van der Waals surface area contributed by atoms with Gasteiger partial charge in [0.15, 0.2) is 5.82 Å². The quantitative estimate of drug-likeness (QED) is 0.729. The van der Waals surface area contributed by atoms with Crippen LogP contribution in [0.2, 0.25) is 0 Å². The summed E-state index contributed by atoms with van der Waals surface area (Å²) in [5.74, 6) is 3.24. The number of rotatable bonds is 6. The first-order valence-corrected chi connectivity index (χ1v) is 12.3. The molecule has 2 atom stereocenters. The lowest BCUT2D eigenvalue weighted by atomic mass is 9.92. The lowest BCUT2D eigenvalue weighted by Crippen LogP contribution is -2.52. The van der Waals surface area contributed by atoms with Crippen LogP contribution in [0.1, 0.15) is 68.4 Å². The number of aryl methyl sites for hydroxylation is 1. The molecule has 150 valence electrons. The Labute approximate surface area is 168 Å². The Kier molecular flexibility index (Phi) is 6.25. The molecule has 0 radical (unpaired) electrons. The predicted octanol–water partition coefficient (Wildman–Crippen LogP) is 3.00. The Morgan fingerprint density at radius 3 is 2.70 bits per heavy atom. The number of thioether (sulfide) groups is 1. The predicted molar refractivity (Wildman–Crippen MR) is 115 cm³/mol. The maximum atomic E-state index is 7.02. The van der Waals surface area contributed by atoms with Crippen LogP contribution < -0.4 is 16.0 Å². The summed E-state index contributed by atoms with van der Waals surface area (Å²) in [7, 11) is 0. The van der Waals surface area contributed by atoms with E-state index in [1.54, 1.807) is 0 Å². The molecular weight excluding hydrogens is 354 g/mol. The van der Waals surface area contributed by atoms with Crippen LogP contribution in [0.25, 0.3) is 0 Å². The molecule has 1 aliphatic heterocycles. The highest BCUT2D eigenvalue weighted by Gasteiger charge is 2.44. The summed E-state index contributed by atoms with van der Waals surface area (Å²) in [5.41, 5.74) is 9.29. The SMILES string of the molecule is CSCCNC1CCCC1(N)c1nc2c(c(N3CCCCCC3)n1)CCC2. The average Bonchev–Trinajstić information content (AvgIpc) is 3.20. The third-order valence-electron chi connectivity index (χ3n) is 6.64. The molecule has 4 rings (SSSR count). The van der Waals surface area contributed by atoms with E-state index in [4.69, 9.17) is 15.7 Å². The maximum Gasteiger partial charge on any atom is 0.152 e. The van der Waals surface area contributed by atoms with Crippen molar-refractivity contribution in [3.63, 3.8) is 0 Å². The van der Waals surface area contributed by atoms with Crippen molar-refractivity contribution in [1.29, 1.82) is 0 Å². The molecule has 2 unspecified atom stereocenters. The average molecular weight is 390 g/mol. The van der Waals surface area contributed by atoms with E-state index in [1.807, 2.05) is 11.8 Å². The first-order valence-electron chi connectivity index (χ1n) is 10.9. The van der Waals surface area contributed by atoms with Gasteiger partial charge in [0, 0.05) is 42.7 Å². The Morgan fingerprint density at radius 2 is 1.93 bits per heavy atom. The highest BCUT2D eigenvalue weighted by molar-refractivity contribution is 7.98. The number of nitrogens with one attached hydrogen (secondary N) is 1. The number of anilines is 1. The van der Waals surface area contributed by atoms with Crippen LogP contribution in [-0.4, -0.2) is 47.7 Å². The molecule has 1 aromatic heterocycles. The van der Waals surface area contributed by atoms with Crippen molar-refractivity contribution in [2.24, 2.45) is 5.73 Å². The van der Waals surface area contributed by atoms with Gasteiger partial charge in [-0.3, -0.25) is 0 Å². The minimum Gasteiger partial charge on any atom is -0.356 e. The first-order chi connectivity index (χ1) is 13.2. The minimum atomic E-state index is -0.420. The molecule has 0 amide bonds. The van der Waals surface area contributed by atoms with Gasteiger partial charge in [0.2, 0.25) is 0 Å². The van der Waals surface area contributed by atoms with Crippen LogP contribution in [0.3, 0.4) is 0 Å². The summed E-state index contributed by atoms with van der Waals surface area (Å²) >= 11 is 1.88. The smallest absolute Gasteiger partial charge is 0.152 e. The highest BCUT2D eigenvalue weighted by atomic mass is 32.2. The van der Waals surface area contributed by atoms with Crippen molar-refractivity contribution in [2.45, 2.75) is 75.8 Å². The van der Waals surface area contributed by atoms with Crippen LogP contribution in [0.5, 0.6) is 0 Å². The van der Waals surface area contributed by atoms with Gasteiger partial charge in [0.1, 0.15) is 5.82 Å². The van der Waals surface area contributed by atoms with Crippen molar-refractivity contribution in [3.05, 3.63) is 17.1 Å². The molecule has 27 heavy (non-hydrogen) atoms. The molecule has 2 fully saturated rings. The van der Waals surface area contributed by atoms with Gasteiger partial charge in [-0.1, -0.05) is 12.8 Å². The zero-order chi connectivity index (χ0) is 18.7. The maximum absolute atomic E-state index is 7.02. The monoisotopic (exact) mass is 389 g/mol. The Hall–Kier alpha value is -0.850. The topological polar surface area (TPSA) is 67.1 Å².